The molecule has 1 saturated heterocycles. The highest BCUT2D eigenvalue weighted by molar-refractivity contribution is 5.77. The number of likely N-dealkylation sites (tertiary alicyclic amines) is 1. The first-order valence-electron chi connectivity index (χ1n) is 6.01. The molecule has 0 aromatic heterocycles. The van der Waals surface area contributed by atoms with Crippen molar-refractivity contribution in [1.29, 1.82) is 0 Å². The first-order chi connectivity index (χ1) is 8.42. The maximum atomic E-state index is 11.6. The second kappa shape index (κ2) is 6.15. The molecular formula is C12H21NO5. The molecule has 1 heterocycles. The van der Waals surface area contributed by atoms with Gasteiger partial charge in [-0.05, 0) is 6.92 Å². The van der Waals surface area contributed by atoms with Gasteiger partial charge in [0, 0.05) is 19.0 Å². The highest BCUT2D eigenvalue weighted by Crippen LogP contribution is 2.25. The van der Waals surface area contributed by atoms with Crippen molar-refractivity contribution in [3.63, 3.8) is 0 Å². The van der Waals surface area contributed by atoms with E-state index in [4.69, 9.17) is 9.47 Å². The fourth-order valence-corrected chi connectivity index (χ4v) is 2.33. The molecule has 0 radical (unpaired) electrons. The lowest BCUT2D eigenvalue weighted by Gasteiger charge is -2.31. The van der Waals surface area contributed by atoms with Crippen LogP contribution in [0.5, 0.6) is 0 Å². The Morgan fingerprint density at radius 1 is 1.28 bits per heavy atom. The van der Waals surface area contributed by atoms with E-state index in [9.17, 15) is 14.7 Å². The quantitative estimate of drug-likeness (QED) is 0.704. The predicted octanol–water partition coefficient (Wildman–Crippen LogP) is -0.208. The molecule has 4 unspecified atom stereocenters. The second-order valence-corrected chi connectivity index (χ2v) is 4.68. The number of carbonyl (C=O) groups excluding carboxylic acids is 2. The first kappa shape index (κ1) is 14.9. The van der Waals surface area contributed by atoms with Crippen LogP contribution in [0.4, 0.5) is 0 Å². The Hall–Kier alpha value is -1.14. The molecule has 1 N–H and O–H groups in total. The summed E-state index contributed by atoms with van der Waals surface area (Å²) in [5.74, 6) is -1.07. The number of carbonyl (C=O) groups is 2. The van der Waals surface area contributed by atoms with Gasteiger partial charge in [-0.3, -0.25) is 14.5 Å². The molecule has 1 aliphatic heterocycles. The summed E-state index contributed by atoms with van der Waals surface area (Å²) in [7, 11) is 2.65. The highest BCUT2D eigenvalue weighted by Gasteiger charge is 2.41. The minimum Gasteiger partial charge on any atom is -0.469 e. The summed E-state index contributed by atoms with van der Waals surface area (Å²) >= 11 is 0. The maximum Gasteiger partial charge on any atom is 0.323 e. The van der Waals surface area contributed by atoms with Crippen LogP contribution in [0.2, 0.25) is 0 Å². The molecule has 1 fully saturated rings. The lowest BCUT2D eigenvalue weighted by atomic mass is 10.0. The zero-order valence-corrected chi connectivity index (χ0v) is 11.3. The van der Waals surface area contributed by atoms with Crippen LogP contribution < -0.4 is 0 Å². The summed E-state index contributed by atoms with van der Waals surface area (Å²) in [5.41, 5.74) is 0. The molecule has 0 bridgehead atoms. The molecular weight excluding hydrogens is 238 g/mol. The maximum absolute atomic E-state index is 11.6. The van der Waals surface area contributed by atoms with E-state index in [2.05, 4.69) is 0 Å². The van der Waals surface area contributed by atoms with Crippen molar-refractivity contribution < 1.29 is 24.2 Å². The van der Waals surface area contributed by atoms with Gasteiger partial charge in [0.2, 0.25) is 0 Å². The molecule has 0 spiro atoms. The third-order valence-corrected chi connectivity index (χ3v) is 3.61. The molecule has 104 valence electrons. The Bertz CT molecular complexity index is 320. The van der Waals surface area contributed by atoms with E-state index >= 15 is 0 Å². The van der Waals surface area contributed by atoms with Gasteiger partial charge in [0.25, 0.3) is 0 Å². The summed E-state index contributed by atoms with van der Waals surface area (Å²) < 4.78 is 9.42. The van der Waals surface area contributed by atoms with Gasteiger partial charge in [-0.25, -0.2) is 0 Å². The minimum atomic E-state index is -0.568. The van der Waals surface area contributed by atoms with Crippen LogP contribution >= 0.6 is 0 Å². The van der Waals surface area contributed by atoms with Gasteiger partial charge >= 0.3 is 11.9 Å². The number of rotatable bonds is 4. The smallest absolute Gasteiger partial charge is 0.323 e. The van der Waals surface area contributed by atoms with E-state index in [0.29, 0.717) is 13.0 Å². The van der Waals surface area contributed by atoms with Gasteiger partial charge in [-0.1, -0.05) is 6.92 Å². The van der Waals surface area contributed by atoms with Gasteiger partial charge in [-0.15, -0.1) is 0 Å². The molecule has 0 aromatic rings. The number of methoxy groups -OCH3 is 2. The average molecular weight is 259 g/mol. The number of nitrogens with zero attached hydrogens (tertiary/aromatic N) is 1. The molecule has 0 saturated carbocycles. The average Bonchev–Trinajstić information content (AvgIpc) is 2.77. The van der Waals surface area contributed by atoms with E-state index in [1.165, 1.54) is 14.2 Å². The SMILES string of the molecule is COC(=O)C(C)C(C)N1CC(O)CC1C(=O)OC. The summed E-state index contributed by atoms with van der Waals surface area (Å²) in [5, 5.41) is 9.68. The third kappa shape index (κ3) is 3.00. The lowest BCUT2D eigenvalue weighted by molar-refractivity contribution is -0.152. The van der Waals surface area contributed by atoms with Gasteiger partial charge in [-0.2, -0.15) is 0 Å². The number of esters is 2. The van der Waals surface area contributed by atoms with Crippen molar-refractivity contribution >= 4 is 11.9 Å². The van der Waals surface area contributed by atoms with Crippen molar-refractivity contribution in [2.24, 2.45) is 5.92 Å². The molecule has 6 heteroatoms. The molecule has 0 amide bonds. The molecule has 18 heavy (non-hydrogen) atoms. The van der Waals surface area contributed by atoms with E-state index in [1.54, 1.807) is 11.8 Å². The number of ether oxygens (including phenoxy) is 2. The largest absolute Gasteiger partial charge is 0.469 e. The van der Waals surface area contributed by atoms with Gasteiger partial charge in [0.1, 0.15) is 6.04 Å². The molecule has 1 aliphatic rings. The molecule has 0 aliphatic carbocycles. The van der Waals surface area contributed by atoms with Gasteiger partial charge < -0.3 is 14.6 Å². The Kier molecular flexibility index (Phi) is 5.10. The molecule has 1 rings (SSSR count). The van der Waals surface area contributed by atoms with Crippen molar-refractivity contribution in [2.75, 3.05) is 20.8 Å². The van der Waals surface area contributed by atoms with Crippen LogP contribution in [0.1, 0.15) is 20.3 Å². The Balaban J connectivity index is 2.79. The number of hydrogen-bond acceptors (Lipinski definition) is 6. The fraction of sp³-hybridized carbons (Fsp3) is 0.833. The lowest BCUT2D eigenvalue weighted by Crippen LogP contribution is -2.47. The van der Waals surface area contributed by atoms with Crippen molar-refractivity contribution in [3.05, 3.63) is 0 Å². The monoisotopic (exact) mass is 259 g/mol. The number of hydrogen-bond donors (Lipinski definition) is 1. The van der Waals surface area contributed by atoms with Crippen LogP contribution in [-0.4, -0.2) is 60.9 Å². The Morgan fingerprint density at radius 3 is 2.39 bits per heavy atom. The van der Waals surface area contributed by atoms with Crippen molar-refractivity contribution in [1.82, 2.24) is 4.90 Å². The summed E-state index contributed by atoms with van der Waals surface area (Å²) in [4.78, 5) is 25.0. The van der Waals surface area contributed by atoms with E-state index in [-0.39, 0.29) is 23.9 Å². The number of β-amino-alcohol motifs (C(OH)–C–C–N with tert-alkyl or cyclic N) is 1. The van der Waals surface area contributed by atoms with E-state index in [1.807, 2.05) is 6.92 Å². The standard InChI is InChI=1S/C12H21NO5/c1-7(11(15)17-3)8(2)13-6-9(14)5-10(13)12(16)18-4/h7-10,14H,5-6H2,1-4H3. The molecule has 4 atom stereocenters. The first-order valence-corrected chi connectivity index (χ1v) is 6.01. The highest BCUT2D eigenvalue weighted by atomic mass is 16.5. The Morgan fingerprint density at radius 2 is 1.89 bits per heavy atom. The summed E-state index contributed by atoms with van der Waals surface area (Å²) in [6.45, 7) is 3.95. The third-order valence-electron chi connectivity index (χ3n) is 3.61. The topological polar surface area (TPSA) is 76.1 Å². The number of aliphatic hydroxyl groups is 1. The predicted molar refractivity (Wildman–Crippen MR) is 63.8 cm³/mol. The van der Waals surface area contributed by atoms with E-state index in [0.717, 1.165) is 0 Å². The van der Waals surface area contributed by atoms with E-state index < -0.39 is 12.1 Å². The van der Waals surface area contributed by atoms with Crippen molar-refractivity contribution in [2.45, 2.75) is 38.5 Å². The molecule has 0 aromatic carbocycles. The zero-order valence-electron chi connectivity index (χ0n) is 11.3. The van der Waals surface area contributed by atoms with Crippen LogP contribution in [0.3, 0.4) is 0 Å². The minimum absolute atomic E-state index is 0.196. The van der Waals surface area contributed by atoms with Gasteiger partial charge in [0.05, 0.1) is 26.2 Å². The number of aliphatic hydroxyl groups excluding tert-OH is 1. The van der Waals surface area contributed by atoms with Crippen LogP contribution in [0.25, 0.3) is 0 Å². The van der Waals surface area contributed by atoms with Crippen LogP contribution in [0.15, 0.2) is 0 Å². The van der Waals surface area contributed by atoms with Crippen LogP contribution in [0, 0.1) is 5.92 Å². The summed E-state index contributed by atoms with van der Waals surface area (Å²) in [6, 6.07) is -0.689. The van der Waals surface area contributed by atoms with Crippen molar-refractivity contribution in [3.8, 4) is 0 Å². The van der Waals surface area contributed by atoms with Gasteiger partial charge in [0.15, 0.2) is 0 Å². The zero-order chi connectivity index (χ0) is 13.9. The summed E-state index contributed by atoms with van der Waals surface area (Å²) in [6.07, 6.45) is -0.230. The second-order valence-electron chi connectivity index (χ2n) is 4.68. The van der Waals surface area contributed by atoms with Crippen LogP contribution in [-0.2, 0) is 19.1 Å². The normalized spacial score (nSPS) is 27.6. The fourth-order valence-electron chi connectivity index (χ4n) is 2.33. The Labute approximate surface area is 107 Å². The molecule has 6 nitrogen and oxygen atoms in total.